The van der Waals surface area contributed by atoms with E-state index in [0.717, 1.165) is 23.3 Å². The fourth-order valence-corrected chi connectivity index (χ4v) is 4.89. The minimum atomic E-state index is -5.46. The fraction of sp³-hybridized carbons (Fsp3) is 0.520. The molecule has 1 aromatic carbocycles. The average Bonchev–Trinajstić information content (AvgIpc) is 3.60. The van der Waals surface area contributed by atoms with E-state index in [1.807, 2.05) is 6.92 Å². The molecule has 4 rings (SSSR count). The molecule has 2 aromatic rings. The van der Waals surface area contributed by atoms with Crippen LogP contribution in [0.2, 0.25) is 0 Å². The number of anilines is 1. The van der Waals surface area contributed by atoms with Gasteiger partial charge in [-0.1, -0.05) is 19.1 Å². The van der Waals surface area contributed by atoms with Crippen molar-refractivity contribution >= 4 is 11.5 Å². The van der Waals surface area contributed by atoms with E-state index in [2.05, 4.69) is 4.98 Å². The maximum atomic E-state index is 14.5. The summed E-state index contributed by atoms with van der Waals surface area (Å²) in [4.78, 5) is 15.5. The van der Waals surface area contributed by atoms with Crippen LogP contribution in [0.25, 0.3) is 0 Å². The van der Waals surface area contributed by atoms with Crippen LogP contribution in [-0.4, -0.2) is 34.8 Å². The van der Waals surface area contributed by atoms with E-state index in [1.165, 1.54) is 12.1 Å². The zero-order valence-electron chi connectivity index (χ0n) is 19.9. The normalized spacial score (nSPS) is 23.6. The third-order valence-corrected chi connectivity index (χ3v) is 7.24. The molecule has 13 heteroatoms. The summed E-state index contributed by atoms with van der Waals surface area (Å²) < 4.78 is 123. The fourth-order valence-electron chi connectivity index (χ4n) is 4.89. The molecule has 2 unspecified atom stereocenters. The first-order chi connectivity index (χ1) is 17.4. The molecule has 0 amide bonds. The third-order valence-electron chi connectivity index (χ3n) is 7.24. The van der Waals surface area contributed by atoms with Crippen LogP contribution in [-0.2, 0) is 22.6 Å². The van der Waals surface area contributed by atoms with Gasteiger partial charge in [-0.25, -0.2) is 4.98 Å². The summed E-state index contributed by atoms with van der Waals surface area (Å²) in [6.07, 6.45) is -17.9. The van der Waals surface area contributed by atoms with Crippen LogP contribution in [0.5, 0.6) is 0 Å². The summed E-state index contributed by atoms with van der Waals surface area (Å²) >= 11 is 0. The number of aliphatic hydroxyl groups is 1. The van der Waals surface area contributed by atoms with E-state index in [1.54, 1.807) is 12.1 Å². The summed E-state index contributed by atoms with van der Waals surface area (Å²) in [5, 5.41) is 10.9. The molecule has 0 radical (unpaired) electrons. The van der Waals surface area contributed by atoms with Crippen molar-refractivity contribution in [3.63, 3.8) is 0 Å². The molecule has 1 saturated carbocycles. The molecule has 1 aliphatic carbocycles. The van der Waals surface area contributed by atoms with E-state index in [0.29, 0.717) is 6.42 Å². The van der Waals surface area contributed by atoms with Crippen LogP contribution in [0.3, 0.4) is 0 Å². The first-order valence-electron chi connectivity index (χ1n) is 11.8. The van der Waals surface area contributed by atoms with Crippen LogP contribution in [0, 0.1) is 5.92 Å². The van der Waals surface area contributed by atoms with Gasteiger partial charge in [-0.3, -0.25) is 4.79 Å². The van der Waals surface area contributed by atoms with Crippen molar-refractivity contribution in [3.05, 3.63) is 58.9 Å². The van der Waals surface area contributed by atoms with Crippen LogP contribution in [0.4, 0.5) is 45.2 Å². The molecule has 2 aliphatic rings. The Morgan fingerprint density at radius 2 is 1.53 bits per heavy atom. The van der Waals surface area contributed by atoms with Gasteiger partial charge in [-0.15, -0.1) is 0 Å². The van der Waals surface area contributed by atoms with Gasteiger partial charge in [0.05, 0.1) is 0 Å². The summed E-state index contributed by atoms with van der Waals surface area (Å²) in [6.45, 7) is 1.31. The molecule has 38 heavy (non-hydrogen) atoms. The Kier molecular flexibility index (Phi) is 6.99. The van der Waals surface area contributed by atoms with Gasteiger partial charge in [0.2, 0.25) is 0 Å². The predicted molar refractivity (Wildman–Crippen MR) is 117 cm³/mol. The van der Waals surface area contributed by atoms with Gasteiger partial charge in [-0.05, 0) is 60.6 Å². The number of aromatic nitrogens is 1. The highest BCUT2D eigenvalue weighted by Gasteiger charge is 2.65. The number of rotatable bonds is 6. The number of hydrogen-bond donors (Lipinski definition) is 1. The van der Waals surface area contributed by atoms with Crippen molar-refractivity contribution < 1.29 is 49.4 Å². The van der Waals surface area contributed by atoms with Crippen LogP contribution in [0.1, 0.15) is 61.0 Å². The Hall–Kier alpha value is -2.83. The summed E-state index contributed by atoms with van der Waals surface area (Å²) in [7, 11) is 0. The van der Waals surface area contributed by atoms with E-state index < -0.39 is 60.1 Å². The minimum Gasteiger partial charge on any atom is -0.372 e. The Labute approximate surface area is 211 Å². The molecule has 0 bridgehead atoms. The van der Waals surface area contributed by atoms with E-state index in [-0.39, 0.29) is 35.4 Å². The lowest BCUT2D eigenvalue weighted by molar-refractivity contribution is -0.211. The smallest absolute Gasteiger partial charge is 0.372 e. The highest BCUT2D eigenvalue weighted by Crippen LogP contribution is 2.53. The largest absolute Gasteiger partial charge is 0.433 e. The number of hydrogen-bond acceptors (Lipinski definition) is 4. The second kappa shape index (κ2) is 9.42. The highest BCUT2D eigenvalue weighted by molar-refractivity contribution is 5.83. The van der Waals surface area contributed by atoms with Gasteiger partial charge in [0, 0.05) is 24.6 Å². The topological polar surface area (TPSA) is 53.4 Å². The van der Waals surface area contributed by atoms with E-state index in [9.17, 15) is 49.4 Å². The van der Waals surface area contributed by atoms with E-state index >= 15 is 0 Å². The minimum absolute atomic E-state index is 0.0656. The number of carbonyl (C=O) groups excluding carboxylic acids is 1. The number of pyridine rings is 1. The number of benzene rings is 1. The molecule has 0 spiro atoms. The lowest BCUT2D eigenvalue weighted by Crippen LogP contribution is -2.52. The number of nitrogens with zero attached hydrogens (tertiary/aromatic N) is 2. The number of halogens is 9. The van der Waals surface area contributed by atoms with Gasteiger partial charge in [0.15, 0.2) is 0 Å². The average molecular weight is 554 g/mol. The Morgan fingerprint density at radius 3 is 1.97 bits per heavy atom. The lowest BCUT2D eigenvalue weighted by atomic mass is 9.77. The summed E-state index contributed by atoms with van der Waals surface area (Å²) in [6, 6.07) is 5.76. The Bertz CT molecular complexity index is 1160. The summed E-state index contributed by atoms with van der Waals surface area (Å²) in [5.74, 6) is 0.0180. The maximum absolute atomic E-state index is 14.5. The molecular formula is C25H23F9N2O2. The molecule has 3 atom stereocenters. The third kappa shape index (κ3) is 5.21. The lowest BCUT2D eigenvalue weighted by Gasteiger charge is -2.37. The number of aliphatic hydroxyl groups excluding tert-OH is 1. The first-order valence-corrected chi connectivity index (χ1v) is 11.8. The summed E-state index contributed by atoms with van der Waals surface area (Å²) in [5.41, 5.74) is -8.30. The van der Waals surface area contributed by atoms with Crippen molar-refractivity contribution in [3.8, 4) is 0 Å². The van der Waals surface area contributed by atoms with Gasteiger partial charge in [-0.2, -0.15) is 39.5 Å². The molecule has 2 fully saturated rings. The number of Topliss-reactive ketones (excluding diaryl/α,β-unsaturated/α-hetero) is 1. The highest BCUT2D eigenvalue weighted by atomic mass is 19.4. The molecule has 4 nitrogen and oxygen atoms in total. The van der Waals surface area contributed by atoms with Gasteiger partial charge >= 0.3 is 18.5 Å². The molecule has 1 aliphatic heterocycles. The standard InChI is InChI=1S/C25H23F9N2O2/c1-13(10-18(37)15-2-3-15)14-4-6-17(7-5-14)36-9-8-22(21(36)38,25(32,33)34)16-11-19(23(26,27)28)35-20(12-16)24(29,30)31/h4-7,11-13,15,21,38H,2-3,8-10H2,1H3/t13-,21?,22?/m1/s1. The molecule has 2 heterocycles. The first kappa shape index (κ1) is 28.2. The molecule has 208 valence electrons. The van der Waals surface area contributed by atoms with Gasteiger partial charge in [0.1, 0.15) is 28.8 Å². The van der Waals surface area contributed by atoms with Crippen LogP contribution >= 0.6 is 0 Å². The molecular weight excluding hydrogens is 531 g/mol. The predicted octanol–water partition coefficient (Wildman–Crippen LogP) is 6.62. The second-order valence-corrected chi connectivity index (χ2v) is 9.85. The van der Waals surface area contributed by atoms with E-state index in [4.69, 9.17) is 0 Å². The van der Waals surface area contributed by atoms with Crippen molar-refractivity contribution in [2.75, 3.05) is 11.4 Å². The second-order valence-electron chi connectivity index (χ2n) is 9.85. The van der Waals surface area contributed by atoms with Crippen LogP contribution in [0.15, 0.2) is 36.4 Å². The molecule has 1 aromatic heterocycles. The number of ketones is 1. The molecule has 1 N–H and O–H groups in total. The quantitative estimate of drug-likeness (QED) is 0.408. The van der Waals surface area contributed by atoms with Crippen molar-refractivity contribution in [1.29, 1.82) is 0 Å². The monoisotopic (exact) mass is 554 g/mol. The Morgan fingerprint density at radius 1 is 1.00 bits per heavy atom. The van der Waals surface area contributed by atoms with Gasteiger partial charge < -0.3 is 10.0 Å². The van der Waals surface area contributed by atoms with Crippen molar-refractivity contribution in [1.82, 2.24) is 4.98 Å². The van der Waals surface area contributed by atoms with Crippen LogP contribution < -0.4 is 4.90 Å². The molecule has 1 saturated heterocycles. The Balaban J connectivity index is 1.69. The zero-order valence-corrected chi connectivity index (χ0v) is 19.9. The van der Waals surface area contributed by atoms with Crippen molar-refractivity contribution in [2.24, 2.45) is 5.92 Å². The zero-order chi connectivity index (χ0) is 28.3. The van der Waals surface area contributed by atoms with Crippen molar-refractivity contribution in [2.45, 2.75) is 68.7 Å². The number of carbonyl (C=O) groups is 1. The van der Waals surface area contributed by atoms with Gasteiger partial charge in [0.25, 0.3) is 0 Å². The maximum Gasteiger partial charge on any atom is 0.433 e. The SMILES string of the molecule is C[C@H](CC(=O)C1CC1)c1ccc(N2CCC(c3cc(C(F)(F)F)nc(C(F)(F)F)c3)(C(F)(F)F)C2O)cc1. The number of alkyl halides is 9.